The minimum Gasteiger partial charge on any atom is -0.351 e. The summed E-state index contributed by atoms with van der Waals surface area (Å²) in [6.45, 7) is 2.04. The normalized spacial score (nSPS) is 12.2. The van der Waals surface area contributed by atoms with Gasteiger partial charge in [-0.25, -0.2) is 14.4 Å². The highest BCUT2D eigenvalue weighted by atomic mass is 79.9. The Morgan fingerprint density at radius 2 is 1.83 bits per heavy atom. The molecule has 94 valence electrons. The van der Waals surface area contributed by atoms with Crippen LogP contribution >= 0.6 is 15.9 Å². The first-order valence-electron chi connectivity index (χ1n) is 5.62. The first-order valence-corrected chi connectivity index (χ1v) is 6.41. The molecule has 1 heterocycles. The SMILES string of the molecule is CC(Cc1ccc(F)cc1)Nc1ncc(Br)cn1. The number of hydrogen-bond acceptors (Lipinski definition) is 3. The van der Waals surface area contributed by atoms with Crippen molar-refractivity contribution in [3.8, 4) is 0 Å². The van der Waals surface area contributed by atoms with E-state index in [0.29, 0.717) is 5.95 Å². The molecule has 2 aromatic rings. The number of rotatable bonds is 4. The molecule has 3 nitrogen and oxygen atoms in total. The molecule has 1 aromatic carbocycles. The summed E-state index contributed by atoms with van der Waals surface area (Å²) in [5.74, 6) is 0.378. The summed E-state index contributed by atoms with van der Waals surface area (Å²) in [5, 5.41) is 3.20. The lowest BCUT2D eigenvalue weighted by molar-refractivity contribution is 0.626. The third-order valence-corrected chi connectivity index (χ3v) is 2.86. The van der Waals surface area contributed by atoms with E-state index in [4.69, 9.17) is 0 Å². The molecular formula is C13H13BrFN3. The molecule has 0 amide bonds. The molecule has 0 aliphatic heterocycles. The van der Waals surface area contributed by atoms with Crippen LogP contribution in [-0.2, 0) is 6.42 Å². The van der Waals surface area contributed by atoms with Crippen LogP contribution in [0.3, 0.4) is 0 Å². The summed E-state index contributed by atoms with van der Waals surface area (Å²) in [4.78, 5) is 8.29. The largest absolute Gasteiger partial charge is 0.351 e. The molecule has 0 aliphatic carbocycles. The van der Waals surface area contributed by atoms with Gasteiger partial charge >= 0.3 is 0 Å². The molecule has 0 bridgehead atoms. The maximum atomic E-state index is 12.8. The lowest BCUT2D eigenvalue weighted by Gasteiger charge is -2.13. The second-order valence-electron chi connectivity index (χ2n) is 4.10. The Labute approximate surface area is 114 Å². The monoisotopic (exact) mass is 309 g/mol. The highest BCUT2D eigenvalue weighted by Gasteiger charge is 2.05. The standard InChI is InChI=1S/C13H13BrFN3/c1-9(6-10-2-4-12(15)5-3-10)18-13-16-7-11(14)8-17-13/h2-5,7-9H,6H2,1H3,(H,16,17,18). The smallest absolute Gasteiger partial charge is 0.222 e. The van der Waals surface area contributed by atoms with Crippen LogP contribution in [0.2, 0.25) is 0 Å². The summed E-state index contributed by atoms with van der Waals surface area (Å²) in [7, 11) is 0. The average molecular weight is 310 g/mol. The van der Waals surface area contributed by atoms with Gasteiger partial charge in [-0.05, 0) is 47.0 Å². The molecule has 1 N–H and O–H groups in total. The van der Waals surface area contributed by atoms with Crippen LogP contribution in [0.5, 0.6) is 0 Å². The molecule has 5 heteroatoms. The van der Waals surface area contributed by atoms with Gasteiger partial charge in [0, 0.05) is 18.4 Å². The fourth-order valence-electron chi connectivity index (χ4n) is 1.63. The van der Waals surface area contributed by atoms with E-state index in [-0.39, 0.29) is 11.9 Å². The van der Waals surface area contributed by atoms with Crippen molar-refractivity contribution in [2.75, 3.05) is 5.32 Å². The number of hydrogen-bond donors (Lipinski definition) is 1. The van der Waals surface area contributed by atoms with Gasteiger partial charge in [0.05, 0.1) is 4.47 Å². The fourth-order valence-corrected chi connectivity index (χ4v) is 1.84. The zero-order chi connectivity index (χ0) is 13.0. The number of aromatic nitrogens is 2. The average Bonchev–Trinajstić information content (AvgIpc) is 2.35. The Bertz CT molecular complexity index is 451. The Kier molecular flexibility index (Phi) is 4.25. The first kappa shape index (κ1) is 13.0. The molecule has 18 heavy (non-hydrogen) atoms. The maximum Gasteiger partial charge on any atom is 0.222 e. The van der Waals surface area contributed by atoms with Gasteiger partial charge in [-0.2, -0.15) is 0 Å². The number of anilines is 1. The van der Waals surface area contributed by atoms with Gasteiger partial charge in [0.1, 0.15) is 5.82 Å². The third kappa shape index (κ3) is 3.77. The quantitative estimate of drug-likeness (QED) is 0.940. The van der Waals surface area contributed by atoms with E-state index in [1.807, 2.05) is 6.92 Å². The molecule has 0 saturated carbocycles. The van der Waals surface area contributed by atoms with Gasteiger partial charge in [-0.15, -0.1) is 0 Å². The molecular weight excluding hydrogens is 297 g/mol. The number of halogens is 2. The summed E-state index contributed by atoms with van der Waals surface area (Å²) in [6.07, 6.45) is 4.18. The molecule has 0 spiro atoms. The van der Waals surface area contributed by atoms with Crippen LogP contribution in [0.1, 0.15) is 12.5 Å². The van der Waals surface area contributed by atoms with E-state index in [1.165, 1.54) is 12.1 Å². The topological polar surface area (TPSA) is 37.8 Å². The van der Waals surface area contributed by atoms with Gasteiger partial charge in [0.25, 0.3) is 0 Å². The fraction of sp³-hybridized carbons (Fsp3) is 0.231. The van der Waals surface area contributed by atoms with Crippen molar-refractivity contribution < 1.29 is 4.39 Å². The van der Waals surface area contributed by atoms with Gasteiger partial charge in [-0.3, -0.25) is 0 Å². The lowest BCUT2D eigenvalue weighted by atomic mass is 10.1. The van der Waals surface area contributed by atoms with Crippen molar-refractivity contribution in [2.24, 2.45) is 0 Å². The summed E-state index contributed by atoms with van der Waals surface area (Å²) >= 11 is 3.28. The summed E-state index contributed by atoms with van der Waals surface area (Å²) < 4.78 is 13.6. The van der Waals surface area contributed by atoms with Gasteiger partial charge in [0.15, 0.2) is 0 Å². The molecule has 1 unspecified atom stereocenters. The van der Waals surface area contributed by atoms with Crippen molar-refractivity contribution in [2.45, 2.75) is 19.4 Å². The molecule has 0 fully saturated rings. The van der Waals surface area contributed by atoms with Crippen molar-refractivity contribution in [1.29, 1.82) is 0 Å². The van der Waals surface area contributed by atoms with Crippen molar-refractivity contribution in [1.82, 2.24) is 9.97 Å². The molecule has 0 aliphatic rings. The van der Waals surface area contributed by atoms with Crippen LogP contribution in [-0.4, -0.2) is 16.0 Å². The maximum absolute atomic E-state index is 12.8. The van der Waals surface area contributed by atoms with E-state index in [1.54, 1.807) is 24.5 Å². The number of nitrogens with zero attached hydrogens (tertiary/aromatic N) is 2. The highest BCUT2D eigenvalue weighted by Crippen LogP contribution is 2.10. The Balaban J connectivity index is 1.94. The molecule has 0 radical (unpaired) electrons. The predicted octanol–water partition coefficient (Wildman–Crippen LogP) is 3.42. The van der Waals surface area contributed by atoms with E-state index >= 15 is 0 Å². The predicted molar refractivity (Wildman–Crippen MR) is 72.9 cm³/mol. The van der Waals surface area contributed by atoms with Crippen molar-refractivity contribution >= 4 is 21.9 Å². The van der Waals surface area contributed by atoms with Gasteiger partial charge in [-0.1, -0.05) is 12.1 Å². The Morgan fingerprint density at radius 3 is 2.44 bits per heavy atom. The van der Waals surface area contributed by atoms with Crippen molar-refractivity contribution in [3.63, 3.8) is 0 Å². The highest BCUT2D eigenvalue weighted by molar-refractivity contribution is 9.10. The van der Waals surface area contributed by atoms with E-state index in [9.17, 15) is 4.39 Å². The minimum absolute atomic E-state index is 0.177. The van der Waals surface area contributed by atoms with Crippen LogP contribution in [0.15, 0.2) is 41.1 Å². The van der Waals surface area contributed by atoms with Crippen LogP contribution in [0.25, 0.3) is 0 Å². The number of nitrogens with one attached hydrogen (secondary N) is 1. The van der Waals surface area contributed by atoms with E-state index in [2.05, 4.69) is 31.2 Å². The van der Waals surface area contributed by atoms with Gasteiger partial charge in [0.2, 0.25) is 5.95 Å². The minimum atomic E-state index is -0.212. The van der Waals surface area contributed by atoms with E-state index in [0.717, 1.165) is 16.5 Å². The second kappa shape index (κ2) is 5.91. The van der Waals surface area contributed by atoms with Crippen LogP contribution in [0.4, 0.5) is 10.3 Å². The molecule has 0 saturated heterocycles. The molecule has 1 atom stereocenters. The van der Waals surface area contributed by atoms with Gasteiger partial charge < -0.3 is 5.32 Å². The Morgan fingerprint density at radius 1 is 1.22 bits per heavy atom. The summed E-state index contributed by atoms with van der Waals surface area (Å²) in [5.41, 5.74) is 1.08. The second-order valence-corrected chi connectivity index (χ2v) is 5.02. The van der Waals surface area contributed by atoms with E-state index < -0.39 is 0 Å². The summed E-state index contributed by atoms with van der Waals surface area (Å²) in [6, 6.07) is 6.69. The zero-order valence-corrected chi connectivity index (χ0v) is 11.5. The van der Waals surface area contributed by atoms with Crippen LogP contribution in [0, 0.1) is 5.82 Å². The molecule has 2 rings (SSSR count). The Hall–Kier alpha value is -1.49. The zero-order valence-electron chi connectivity index (χ0n) is 9.90. The first-order chi connectivity index (χ1) is 8.63. The van der Waals surface area contributed by atoms with Crippen LogP contribution < -0.4 is 5.32 Å². The molecule has 1 aromatic heterocycles. The lowest BCUT2D eigenvalue weighted by Crippen LogP contribution is -2.19. The number of benzene rings is 1. The van der Waals surface area contributed by atoms with Crippen molar-refractivity contribution in [3.05, 3.63) is 52.5 Å². The third-order valence-electron chi connectivity index (χ3n) is 2.45.